The molecule has 0 heterocycles. The summed E-state index contributed by atoms with van der Waals surface area (Å²) in [7, 11) is -32.5. The minimum Gasteiger partial charge on any atom is -0.460 e. The second-order valence-corrected chi connectivity index (χ2v) is 71.9. The molecule has 0 fully saturated rings. The van der Waals surface area contributed by atoms with E-state index in [1.807, 2.05) is 113 Å². The van der Waals surface area contributed by atoms with Crippen molar-refractivity contribution < 1.29 is 132 Å². The molecule has 0 saturated carbocycles. The van der Waals surface area contributed by atoms with E-state index < -0.39 is 141 Å². The minimum atomic E-state index is -3.67. The first-order valence-electron chi connectivity index (χ1n) is 36.3. The number of carbonyl (C=O) groups excluding carboxylic acids is 8. The van der Waals surface area contributed by atoms with Gasteiger partial charge in [-0.15, -0.1) is 0 Å². The van der Waals surface area contributed by atoms with Gasteiger partial charge >= 0.3 is 108 Å². The molecule has 0 aliphatic rings. The molecule has 0 aliphatic heterocycles. The topological polar surface area (TPSA) is 330 Å². The molecule has 0 aromatic heterocycles. The molecular formula is C80H154O29Si11. The Labute approximate surface area is 733 Å². The van der Waals surface area contributed by atoms with E-state index in [2.05, 4.69) is 105 Å². The van der Waals surface area contributed by atoms with E-state index in [0.29, 0.717) is 22.7 Å². The molecule has 0 spiro atoms. The Kier molecular flexibility index (Phi) is 68.9. The molecule has 29 nitrogen and oxygen atoms in total. The van der Waals surface area contributed by atoms with Crippen molar-refractivity contribution in [2.75, 3.05) is 106 Å². The molecule has 0 bridgehead atoms. The van der Waals surface area contributed by atoms with Gasteiger partial charge in [0.2, 0.25) is 0 Å². The van der Waals surface area contributed by atoms with E-state index >= 15 is 0 Å². The molecule has 2 aromatic rings. The molecule has 692 valence electrons. The van der Waals surface area contributed by atoms with Gasteiger partial charge in [-0.1, -0.05) is 173 Å². The first-order valence-corrected chi connectivity index (χ1v) is 66.3. The fourth-order valence-corrected chi connectivity index (χ4v) is 75.2. The molecule has 0 saturated heterocycles. The van der Waals surface area contributed by atoms with Gasteiger partial charge in [0, 0.05) is 71.3 Å². The van der Waals surface area contributed by atoms with Gasteiger partial charge in [-0.3, -0.25) is 0 Å². The highest BCUT2D eigenvalue weighted by Gasteiger charge is 2.56. The van der Waals surface area contributed by atoms with Crippen LogP contribution in [0.25, 0.3) is 0 Å². The van der Waals surface area contributed by atoms with E-state index in [1.54, 1.807) is 0 Å². The third-order valence-corrected chi connectivity index (χ3v) is 66.5. The quantitative estimate of drug-likeness (QED) is 0.0195. The summed E-state index contributed by atoms with van der Waals surface area (Å²) in [4.78, 5) is 92.9. The molecule has 0 aliphatic carbocycles. The molecule has 0 unspecified atom stereocenters. The summed E-state index contributed by atoms with van der Waals surface area (Å²) in [6, 6.07) is 19.8. The zero-order valence-corrected chi connectivity index (χ0v) is 79.5. The van der Waals surface area contributed by atoms with Crippen molar-refractivity contribution in [2.45, 2.75) is 187 Å². The Morgan fingerprint density at radius 2 is 0.383 bits per heavy atom. The summed E-state index contributed by atoms with van der Waals surface area (Å²) in [5, 5.41) is 1.76. The summed E-state index contributed by atoms with van der Waals surface area (Å²) >= 11 is 0. The summed E-state index contributed by atoms with van der Waals surface area (Å²) in [5.41, 5.74) is 1.91. The summed E-state index contributed by atoms with van der Waals surface area (Å²) < 4.78 is 127. The predicted octanol–water partition coefficient (Wildman–Crippen LogP) is 15.0. The first kappa shape index (κ1) is 130. The fourth-order valence-electron chi connectivity index (χ4n) is 12.0. The Bertz CT molecular complexity index is 3130. The Hall–Kier alpha value is -6.01. The molecule has 120 heavy (non-hydrogen) atoms. The van der Waals surface area contributed by atoms with Crippen LogP contribution in [-0.2, 0) is 132 Å². The normalized spacial score (nSPS) is 11.6. The molecular weight excluding hydrogens is 1730 g/mol. The van der Waals surface area contributed by atoms with Crippen LogP contribution in [0.5, 0.6) is 0 Å². The standard InChI is InChI=1S/C42H66O15Si6.C30H56O14Si5.8CH4/c1-13-39(43)47-27-31-51-61(11,52-32-28-48-40(44)14-2)35-58(5,6)55-60(9,10)57-63(37-23-19-17-20-24-37,38-25-21-18-22-26-38)56-59(7,8)36-62(12,53-33-29-49-41(45)15-3)54-34-30-50-42(46)16-4;1-13-27(31)35-17-21-39-48(11,40-22-18-36-28(32)14-2)25-45(5,6)43-47(9,10)44-46(7,8)26-49(12,41-23-19-37-29(33)15-3)42-24-20-38-30(34)16-4;;;;;;;;/h13-26H,1-4,27-36H2,5-12H3;13-16H,1-4,17-26H2,5-12H3;8*1H4. The highest BCUT2D eigenvalue weighted by molar-refractivity contribution is 7.04. The number of rotatable bonds is 60. The van der Waals surface area contributed by atoms with Crippen LogP contribution < -0.4 is 10.4 Å². The van der Waals surface area contributed by atoms with Crippen molar-refractivity contribution in [1.29, 1.82) is 0 Å². The maximum atomic E-state index is 11.8. The van der Waals surface area contributed by atoms with Crippen molar-refractivity contribution in [3.63, 3.8) is 0 Å². The largest absolute Gasteiger partial charge is 0.460 e. The van der Waals surface area contributed by atoms with Gasteiger partial charge in [-0.05, 0) is 115 Å². The van der Waals surface area contributed by atoms with E-state index in [4.69, 9.17) is 93.9 Å². The van der Waals surface area contributed by atoms with Crippen LogP contribution in [-0.4, -0.2) is 247 Å². The molecule has 0 atom stereocenters. The van der Waals surface area contributed by atoms with Crippen molar-refractivity contribution >= 4 is 151 Å². The maximum absolute atomic E-state index is 11.8. The smallest absolute Gasteiger partial charge is 0.388 e. The van der Waals surface area contributed by atoms with Gasteiger partial charge in [-0.2, -0.15) is 0 Å². The number of carbonyl (C=O) groups is 8. The Balaban J connectivity index is -0.000000336. The van der Waals surface area contributed by atoms with Crippen LogP contribution in [0.2, 0.25) is 127 Å². The van der Waals surface area contributed by atoms with Gasteiger partial charge in [0.15, 0.2) is 33.3 Å². The second-order valence-electron chi connectivity index (χ2n) is 28.7. The molecule has 40 heteroatoms. The van der Waals surface area contributed by atoms with Crippen LogP contribution in [0.4, 0.5) is 0 Å². The van der Waals surface area contributed by atoms with Crippen molar-refractivity contribution in [2.24, 2.45) is 0 Å². The number of ether oxygens (including phenoxy) is 8. The molecule has 2 aromatic carbocycles. The molecule has 0 radical (unpaired) electrons. The van der Waals surface area contributed by atoms with Crippen LogP contribution >= 0.6 is 0 Å². The Morgan fingerprint density at radius 1 is 0.233 bits per heavy atom. The lowest BCUT2D eigenvalue weighted by atomic mass is 10.4. The molecule has 0 N–H and O–H groups in total. The number of esters is 8. The van der Waals surface area contributed by atoms with Crippen molar-refractivity contribution in [1.82, 2.24) is 0 Å². The highest BCUT2D eigenvalue weighted by Crippen LogP contribution is 2.34. The number of hydrogen-bond acceptors (Lipinski definition) is 29. The van der Waals surface area contributed by atoms with Crippen LogP contribution in [0, 0.1) is 0 Å². The lowest BCUT2D eigenvalue weighted by molar-refractivity contribution is -0.140. The number of benzene rings is 2. The zero-order chi connectivity index (χ0) is 85.0. The second kappa shape index (κ2) is 63.8. The highest BCUT2D eigenvalue weighted by atomic mass is 28.5. The average molecular weight is 1890 g/mol. The molecule has 0 amide bonds. The van der Waals surface area contributed by atoms with Gasteiger partial charge in [0.25, 0.3) is 0 Å². The third kappa shape index (κ3) is 56.7. The van der Waals surface area contributed by atoms with Gasteiger partial charge in [0.05, 0.1) is 52.9 Å². The van der Waals surface area contributed by atoms with E-state index in [9.17, 15) is 38.4 Å². The van der Waals surface area contributed by atoms with Crippen molar-refractivity contribution in [3.05, 3.63) is 162 Å². The van der Waals surface area contributed by atoms with Gasteiger partial charge < -0.3 is 93.9 Å². The SMILES string of the molecule is C.C.C.C.C.C.C.C.C=CC(=O)OCCO[Si](C)(C[Si](C)(C)O[Si](C)(C)O[Si](C)(C)C[Si](C)(OCCOC(=O)C=C)OCCOC(=O)C=C)OCCOC(=O)C=C.C=CC(=O)OCCO[Si](C)(C[Si](C)(C)O[Si](C)(C)O[Si](O[Si](C)(C)C[Si](C)(OCCOC(=O)C=C)OCCOC(=O)C=C)(c1ccccc1)c1ccccc1)OCCOC(=O)C=C. The zero-order valence-electron chi connectivity index (χ0n) is 68.5. The van der Waals surface area contributed by atoms with Crippen molar-refractivity contribution in [3.8, 4) is 0 Å². The van der Waals surface area contributed by atoms with E-state index in [0.717, 1.165) is 59.0 Å². The lowest BCUT2D eigenvalue weighted by Gasteiger charge is -2.46. The fraction of sp³-hybridized carbons (Fsp3) is 0.550. The van der Waals surface area contributed by atoms with Gasteiger partial charge in [-0.25, -0.2) is 38.4 Å². The minimum absolute atomic E-state index is 0. The predicted molar refractivity (Wildman–Crippen MR) is 505 cm³/mol. The monoisotopic (exact) mass is 1890 g/mol. The summed E-state index contributed by atoms with van der Waals surface area (Å²) in [5.74, 6) is -4.48. The van der Waals surface area contributed by atoms with Crippen LogP contribution in [0.15, 0.2) is 162 Å². The molecule has 2 rings (SSSR count). The van der Waals surface area contributed by atoms with E-state index in [1.165, 1.54) is 0 Å². The summed E-state index contributed by atoms with van der Waals surface area (Å²) in [6.07, 6.45) is 8.64. The first-order chi connectivity index (χ1) is 52.2. The lowest BCUT2D eigenvalue weighted by Crippen LogP contribution is -2.72. The average Bonchev–Trinajstić information content (AvgIpc) is 0.751. The summed E-state index contributed by atoms with van der Waals surface area (Å²) in [6.45, 7) is 60.4. The van der Waals surface area contributed by atoms with Crippen LogP contribution in [0.1, 0.15) is 59.4 Å². The van der Waals surface area contributed by atoms with Crippen LogP contribution in [0.3, 0.4) is 0 Å². The third-order valence-electron chi connectivity index (χ3n) is 14.9. The number of hydrogen-bond donors (Lipinski definition) is 0. The maximum Gasteiger partial charge on any atom is 0.388 e. The Morgan fingerprint density at radius 3 is 0.542 bits per heavy atom. The van der Waals surface area contributed by atoms with Gasteiger partial charge in [0.1, 0.15) is 52.9 Å². The van der Waals surface area contributed by atoms with E-state index in [-0.39, 0.29) is 165 Å².